The summed E-state index contributed by atoms with van der Waals surface area (Å²) in [5.41, 5.74) is 5.43. The lowest BCUT2D eigenvalue weighted by molar-refractivity contribution is -0.130. The van der Waals surface area contributed by atoms with Gasteiger partial charge < -0.3 is 16.0 Å². The summed E-state index contributed by atoms with van der Waals surface area (Å²) < 4.78 is 13.1. The summed E-state index contributed by atoms with van der Waals surface area (Å²) in [6, 6.07) is 1.35. The molecule has 1 aliphatic rings. The summed E-state index contributed by atoms with van der Waals surface area (Å²) in [6.07, 6.45) is -0.0425. The highest BCUT2D eigenvalue weighted by Gasteiger charge is 2.34. The SMILES string of the molecule is CC(CCN)CNCC(=O)N1CC(F)CC1C#N. The highest BCUT2D eigenvalue weighted by molar-refractivity contribution is 5.79. The van der Waals surface area contributed by atoms with Crippen molar-refractivity contribution in [2.75, 3.05) is 26.2 Å². The summed E-state index contributed by atoms with van der Waals surface area (Å²) in [5, 5.41) is 11.9. The molecule has 6 heteroatoms. The van der Waals surface area contributed by atoms with Crippen LogP contribution in [0.25, 0.3) is 0 Å². The standard InChI is InChI=1S/C12H21FN4O/c1-9(2-3-14)6-16-7-12(18)17-8-10(13)4-11(17)5-15/h9-11,16H,2-4,6-8,14H2,1H3. The Morgan fingerprint density at radius 1 is 1.72 bits per heavy atom. The number of carbonyl (C=O) groups excluding carboxylic acids is 1. The number of nitrogens with one attached hydrogen (secondary N) is 1. The maximum Gasteiger partial charge on any atom is 0.237 e. The molecule has 1 aliphatic heterocycles. The quantitative estimate of drug-likeness (QED) is 0.702. The van der Waals surface area contributed by atoms with Crippen LogP contribution in [0.3, 0.4) is 0 Å². The Morgan fingerprint density at radius 2 is 2.44 bits per heavy atom. The van der Waals surface area contributed by atoms with Crippen LogP contribution in [0, 0.1) is 17.2 Å². The van der Waals surface area contributed by atoms with Gasteiger partial charge in [-0.2, -0.15) is 5.26 Å². The molecule has 1 fully saturated rings. The highest BCUT2D eigenvalue weighted by Crippen LogP contribution is 2.19. The fourth-order valence-corrected chi connectivity index (χ4v) is 2.10. The predicted octanol–water partition coefficient (Wildman–Crippen LogP) is 0.0235. The second-order valence-electron chi connectivity index (χ2n) is 4.84. The summed E-state index contributed by atoms with van der Waals surface area (Å²) >= 11 is 0. The van der Waals surface area contributed by atoms with Crippen LogP contribution in [-0.2, 0) is 4.79 Å². The Bertz CT molecular complexity index is 318. The van der Waals surface area contributed by atoms with Gasteiger partial charge in [-0.15, -0.1) is 0 Å². The van der Waals surface area contributed by atoms with Gasteiger partial charge in [-0.25, -0.2) is 4.39 Å². The lowest BCUT2D eigenvalue weighted by atomic mass is 10.1. The molecule has 18 heavy (non-hydrogen) atoms. The van der Waals surface area contributed by atoms with E-state index in [1.54, 1.807) is 0 Å². The number of nitriles is 1. The van der Waals surface area contributed by atoms with Crippen LogP contribution in [0.5, 0.6) is 0 Å². The van der Waals surface area contributed by atoms with Crippen molar-refractivity contribution in [2.45, 2.75) is 32.0 Å². The molecule has 0 radical (unpaired) electrons. The molecule has 0 aromatic heterocycles. The van der Waals surface area contributed by atoms with Gasteiger partial charge in [0.05, 0.1) is 19.2 Å². The average molecular weight is 256 g/mol. The average Bonchev–Trinajstić information content (AvgIpc) is 2.70. The van der Waals surface area contributed by atoms with Crippen LogP contribution >= 0.6 is 0 Å². The van der Waals surface area contributed by atoms with E-state index in [-0.39, 0.29) is 25.4 Å². The van der Waals surface area contributed by atoms with Gasteiger partial charge in [0.1, 0.15) is 12.2 Å². The molecule has 0 aliphatic carbocycles. The molecular formula is C12H21FN4O. The third-order valence-corrected chi connectivity index (χ3v) is 3.15. The minimum Gasteiger partial charge on any atom is -0.330 e. The number of carbonyl (C=O) groups is 1. The van der Waals surface area contributed by atoms with Crippen molar-refractivity contribution in [3.63, 3.8) is 0 Å². The van der Waals surface area contributed by atoms with Crippen LogP contribution in [0.1, 0.15) is 19.8 Å². The van der Waals surface area contributed by atoms with Crippen molar-refractivity contribution in [1.82, 2.24) is 10.2 Å². The molecule has 3 N–H and O–H groups in total. The minimum atomic E-state index is -1.07. The van der Waals surface area contributed by atoms with Crippen molar-refractivity contribution in [3.8, 4) is 6.07 Å². The lowest BCUT2D eigenvalue weighted by Gasteiger charge is -2.20. The Kier molecular flexibility index (Phi) is 6.02. The van der Waals surface area contributed by atoms with Crippen molar-refractivity contribution in [3.05, 3.63) is 0 Å². The van der Waals surface area contributed by atoms with Crippen LogP contribution in [-0.4, -0.2) is 49.2 Å². The summed E-state index contributed by atoms with van der Waals surface area (Å²) in [5.74, 6) is 0.198. The van der Waals surface area contributed by atoms with E-state index in [0.29, 0.717) is 19.0 Å². The number of alkyl halides is 1. The zero-order valence-corrected chi connectivity index (χ0v) is 10.7. The Balaban J connectivity index is 2.30. The number of hydrogen-bond acceptors (Lipinski definition) is 4. The first-order valence-electron chi connectivity index (χ1n) is 6.32. The number of halogens is 1. The fourth-order valence-electron chi connectivity index (χ4n) is 2.10. The zero-order valence-electron chi connectivity index (χ0n) is 10.7. The van der Waals surface area contributed by atoms with Gasteiger partial charge in [-0.1, -0.05) is 6.92 Å². The third-order valence-electron chi connectivity index (χ3n) is 3.15. The van der Waals surface area contributed by atoms with E-state index in [2.05, 4.69) is 12.2 Å². The number of rotatable bonds is 6. The molecule has 1 saturated heterocycles. The molecule has 3 atom stereocenters. The van der Waals surface area contributed by atoms with Crippen molar-refractivity contribution in [1.29, 1.82) is 5.26 Å². The van der Waals surface area contributed by atoms with Crippen LogP contribution in [0.2, 0.25) is 0 Å². The van der Waals surface area contributed by atoms with Gasteiger partial charge in [-0.3, -0.25) is 4.79 Å². The fraction of sp³-hybridized carbons (Fsp3) is 0.833. The molecule has 0 aromatic carbocycles. The van der Waals surface area contributed by atoms with Gasteiger partial charge in [0.15, 0.2) is 0 Å². The Labute approximate surface area is 107 Å². The van der Waals surface area contributed by atoms with E-state index in [1.165, 1.54) is 4.90 Å². The van der Waals surface area contributed by atoms with Crippen LogP contribution in [0.15, 0.2) is 0 Å². The summed E-state index contributed by atoms with van der Waals surface area (Å²) in [6.45, 7) is 3.57. The molecule has 1 rings (SSSR count). The van der Waals surface area contributed by atoms with E-state index >= 15 is 0 Å². The first kappa shape index (κ1) is 14.9. The van der Waals surface area contributed by atoms with Crippen molar-refractivity contribution in [2.24, 2.45) is 11.7 Å². The van der Waals surface area contributed by atoms with E-state index in [9.17, 15) is 9.18 Å². The molecule has 3 unspecified atom stereocenters. The smallest absolute Gasteiger partial charge is 0.237 e. The van der Waals surface area contributed by atoms with E-state index in [4.69, 9.17) is 11.0 Å². The van der Waals surface area contributed by atoms with E-state index < -0.39 is 12.2 Å². The first-order chi connectivity index (χ1) is 8.58. The summed E-state index contributed by atoms with van der Waals surface area (Å²) in [4.78, 5) is 13.1. The number of nitrogens with zero attached hydrogens (tertiary/aromatic N) is 2. The topological polar surface area (TPSA) is 82.2 Å². The molecule has 5 nitrogen and oxygen atoms in total. The third kappa shape index (κ3) is 4.24. The van der Waals surface area contributed by atoms with Crippen LogP contribution < -0.4 is 11.1 Å². The zero-order chi connectivity index (χ0) is 13.5. The monoisotopic (exact) mass is 256 g/mol. The lowest BCUT2D eigenvalue weighted by Crippen LogP contribution is -2.41. The second-order valence-corrected chi connectivity index (χ2v) is 4.84. The number of amides is 1. The number of hydrogen-bond donors (Lipinski definition) is 2. The maximum absolute atomic E-state index is 13.1. The number of nitrogens with two attached hydrogens (primary N) is 1. The van der Waals surface area contributed by atoms with Gasteiger partial charge in [-0.05, 0) is 25.4 Å². The Hall–Kier alpha value is -1.19. The molecule has 1 amide bonds. The predicted molar refractivity (Wildman–Crippen MR) is 66.3 cm³/mol. The van der Waals surface area contributed by atoms with Crippen molar-refractivity contribution >= 4 is 5.91 Å². The van der Waals surface area contributed by atoms with E-state index in [1.807, 2.05) is 6.07 Å². The van der Waals surface area contributed by atoms with Gasteiger partial charge in [0.2, 0.25) is 5.91 Å². The molecule has 102 valence electrons. The molecule has 1 heterocycles. The molecule has 0 aromatic rings. The second kappa shape index (κ2) is 7.29. The molecule has 0 bridgehead atoms. The number of likely N-dealkylation sites (tertiary alicyclic amines) is 1. The normalized spacial score (nSPS) is 24.9. The Morgan fingerprint density at radius 3 is 3.06 bits per heavy atom. The van der Waals surface area contributed by atoms with E-state index in [0.717, 1.165) is 6.42 Å². The molecule has 0 saturated carbocycles. The molecule has 0 spiro atoms. The maximum atomic E-state index is 13.1. The first-order valence-corrected chi connectivity index (χ1v) is 6.32. The van der Waals surface area contributed by atoms with Gasteiger partial charge in [0, 0.05) is 6.42 Å². The summed E-state index contributed by atoms with van der Waals surface area (Å²) in [7, 11) is 0. The highest BCUT2D eigenvalue weighted by atomic mass is 19.1. The minimum absolute atomic E-state index is 0.0388. The largest absolute Gasteiger partial charge is 0.330 e. The van der Waals surface area contributed by atoms with Gasteiger partial charge >= 0.3 is 0 Å². The van der Waals surface area contributed by atoms with Crippen molar-refractivity contribution < 1.29 is 9.18 Å². The molecular weight excluding hydrogens is 235 g/mol. The van der Waals surface area contributed by atoms with Gasteiger partial charge in [0.25, 0.3) is 0 Å². The van der Waals surface area contributed by atoms with Crippen LogP contribution in [0.4, 0.5) is 4.39 Å².